The smallest absolute Gasteiger partial charge is 0.252 e. The van der Waals surface area contributed by atoms with E-state index in [9.17, 15) is 4.79 Å². The zero-order chi connectivity index (χ0) is 5.98. The maximum atomic E-state index is 9.82. The van der Waals surface area contributed by atoms with E-state index < -0.39 is 0 Å². The van der Waals surface area contributed by atoms with E-state index in [1.54, 1.807) is 19.3 Å². The van der Waals surface area contributed by atoms with Crippen molar-refractivity contribution in [1.82, 2.24) is 10.2 Å². The number of hydrogen-bond acceptors (Lipinski definition) is 2. The minimum atomic E-state index is 0.405. The zero-order valence-electron chi connectivity index (χ0n) is 4.43. The van der Waals surface area contributed by atoms with Gasteiger partial charge in [-0.2, -0.15) is 5.10 Å². The van der Waals surface area contributed by atoms with Crippen LogP contribution in [0.3, 0.4) is 0 Å². The monoisotopic (exact) mass is 109 g/mol. The Morgan fingerprint density at radius 3 is 2.88 bits per heavy atom. The molecule has 1 heterocycles. The predicted molar refractivity (Wildman–Crippen MR) is 28.1 cm³/mol. The van der Waals surface area contributed by atoms with Gasteiger partial charge in [-0.05, 0) is 13.0 Å². The van der Waals surface area contributed by atoms with Gasteiger partial charge < -0.3 is 0 Å². The van der Waals surface area contributed by atoms with Gasteiger partial charge in [0.15, 0.2) is 0 Å². The number of H-pyrrole nitrogens is 1. The summed E-state index contributed by atoms with van der Waals surface area (Å²) in [6, 6.07) is 1.63. The van der Waals surface area contributed by atoms with Crippen LogP contribution in [0.5, 0.6) is 0 Å². The molecule has 8 heavy (non-hydrogen) atoms. The van der Waals surface area contributed by atoms with Crippen molar-refractivity contribution >= 4 is 6.29 Å². The second-order valence-electron chi connectivity index (χ2n) is 1.53. The molecule has 41 valence electrons. The van der Waals surface area contributed by atoms with Gasteiger partial charge in [-0.15, -0.1) is 0 Å². The fourth-order valence-corrected chi connectivity index (χ4v) is 0.474. The molecule has 0 saturated carbocycles. The number of rotatable bonds is 1. The molecular formula is C5H5N2O. The largest absolute Gasteiger partial charge is 0.283 e. The van der Waals surface area contributed by atoms with Gasteiger partial charge in [0.2, 0.25) is 0 Å². The SMILES string of the molecule is Cc1cc([C]=O)[nH]n1. The standard InChI is InChI=1S/C5H5N2O/c1-4-2-5(3-8)7-6-4/h2H,1H3,(H,6,7). The highest BCUT2D eigenvalue weighted by Crippen LogP contribution is 1.91. The van der Waals surface area contributed by atoms with Crippen molar-refractivity contribution in [2.75, 3.05) is 0 Å². The number of hydrogen-bond donors (Lipinski definition) is 1. The predicted octanol–water partition coefficient (Wildman–Crippen LogP) is 0.176. The molecule has 0 aromatic carbocycles. The molecule has 3 nitrogen and oxygen atoms in total. The molecule has 0 spiro atoms. The Kier molecular flexibility index (Phi) is 1.12. The molecule has 0 fully saturated rings. The Bertz CT molecular complexity index is 192. The number of aryl methyl sites for hydroxylation is 1. The van der Waals surface area contributed by atoms with Crippen LogP contribution in [0.25, 0.3) is 0 Å². The van der Waals surface area contributed by atoms with Crippen LogP contribution < -0.4 is 0 Å². The van der Waals surface area contributed by atoms with Gasteiger partial charge in [-0.25, -0.2) is 0 Å². The van der Waals surface area contributed by atoms with Crippen LogP contribution in [0, 0.1) is 6.92 Å². The summed E-state index contributed by atoms with van der Waals surface area (Å²) < 4.78 is 0. The fourth-order valence-electron chi connectivity index (χ4n) is 0.474. The van der Waals surface area contributed by atoms with E-state index in [1.807, 2.05) is 0 Å². The summed E-state index contributed by atoms with van der Waals surface area (Å²) >= 11 is 0. The normalized spacial score (nSPS) is 9.12. The second kappa shape index (κ2) is 1.78. The third-order valence-corrected chi connectivity index (χ3v) is 0.816. The molecule has 0 aliphatic carbocycles. The highest BCUT2D eigenvalue weighted by Gasteiger charge is 1.91. The lowest BCUT2D eigenvalue weighted by molar-refractivity contribution is 0.561. The minimum Gasteiger partial charge on any atom is -0.283 e. The molecule has 3 heteroatoms. The Morgan fingerprint density at radius 2 is 2.62 bits per heavy atom. The molecule has 0 amide bonds. The lowest BCUT2D eigenvalue weighted by atomic mass is 10.4. The van der Waals surface area contributed by atoms with Crippen molar-refractivity contribution in [1.29, 1.82) is 0 Å². The molecule has 1 rings (SSSR count). The number of carbonyl (C=O) groups excluding carboxylic acids is 1. The lowest BCUT2D eigenvalue weighted by Crippen LogP contribution is -1.76. The molecular weight excluding hydrogens is 104 g/mol. The molecule has 0 bridgehead atoms. The third kappa shape index (κ3) is 0.753. The van der Waals surface area contributed by atoms with Crippen molar-refractivity contribution in [3.63, 3.8) is 0 Å². The highest BCUT2D eigenvalue weighted by atomic mass is 16.1. The molecule has 0 aliphatic heterocycles. The first-order valence-corrected chi connectivity index (χ1v) is 2.23. The summed E-state index contributed by atoms with van der Waals surface area (Å²) in [7, 11) is 0. The van der Waals surface area contributed by atoms with E-state index in [-0.39, 0.29) is 0 Å². The molecule has 1 aromatic rings. The average molecular weight is 109 g/mol. The van der Waals surface area contributed by atoms with E-state index >= 15 is 0 Å². The van der Waals surface area contributed by atoms with Crippen molar-refractivity contribution in [3.8, 4) is 0 Å². The summed E-state index contributed by atoms with van der Waals surface area (Å²) in [6.07, 6.45) is 1.68. The first-order valence-electron chi connectivity index (χ1n) is 2.23. The Balaban J connectivity index is 3.00. The van der Waals surface area contributed by atoms with E-state index in [4.69, 9.17) is 0 Å². The molecule has 1 radical (unpaired) electrons. The first-order chi connectivity index (χ1) is 3.83. The molecule has 0 saturated heterocycles. The summed E-state index contributed by atoms with van der Waals surface area (Å²) in [4.78, 5) is 9.82. The van der Waals surface area contributed by atoms with Crippen LogP contribution in [0.4, 0.5) is 0 Å². The number of nitrogens with zero attached hydrogens (tertiary/aromatic N) is 1. The number of nitrogens with one attached hydrogen (secondary N) is 1. The summed E-state index contributed by atoms with van der Waals surface area (Å²) in [5, 5.41) is 6.18. The van der Waals surface area contributed by atoms with Crippen LogP contribution >= 0.6 is 0 Å². The van der Waals surface area contributed by atoms with Gasteiger partial charge >= 0.3 is 0 Å². The van der Waals surface area contributed by atoms with E-state index in [0.29, 0.717) is 5.69 Å². The lowest BCUT2D eigenvalue weighted by Gasteiger charge is -1.66. The van der Waals surface area contributed by atoms with Crippen LogP contribution in [0.15, 0.2) is 6.07 Å². The van der Waals surface area contributed by atoms with Crippen molar-refractivity contribution < 1.29 is 4.79 Å². The number of aromatic amines is 1. The molecule has 1 N–H and O–H groups in total. The third-order valence-electron chi connectivity index (χ3n) is 0.816. The maximum absolute atomic E-state index is 9.82. The quantitative estimate of drug-likeness (QED) is 0.559. The van der Waals surface area contributed by atoms with Gasteiger partial charge in [0.1, 0.15) is 5.69 Å². The molecule has 0 atom stereocenters. The Morgan fingerprint density at radius 1 is 1.88 bits per heavy atom. The minimum absolute atomic E-state index is 0.405. The average Bonchev–Trinajstić information content (AvgIpc) is 2.14. The van der Waals surface area contributed by atoms with Gasteiger partial charge in [0, 0.05) is 0 Å². The van der Waals surface area contributed by atoms with E-state index in [2.05, 4.69) is 10.2 Å². The fraction of sp³-hybridized carbons (Fsp3) is 0.200. The molecule has 0 aliphatic rings. The Hall–Kier alpha value is -1.12. The summed E-state index contributed by atoms with van der Waals surface area (Å²) in [6.45, 7) is 1.80. The highest BCUT2D eigenvalue weighted by molar-refractivity contribution is 5.72. The van der Waals surface area contributed by atoms with Gasteiger partial charge in [0.05, 0.1) is 5.69 Å². The zero-order valence-corrected chi connectivity index (χ0v) is 4.43. The molecule has 1 aromatic heterocycles. The van der Waals surface area contributed by atoms with E-state index in [1.165, 1.54) is 0 Å². The van der Waals surface area contributed by atoms with Crippen LogP contribution in [0.1, 0.15) is 11.4 Å². The Labute approximate surface area is 46.7 Å². The molecule has 0 unspecified atom stereocenters. The van der Waals surface area contributed by atoms with Crippen molar-refractivity contribution in [3.05, 3.63) is 17.5 Å². The van der Waals surface area contributed by atoms with Gasteiger partial charge in [-0.3, -0.25) is 9.89 Å². The number of aromatic nitrogens is 2. The summed E-state index contributed by atoms with van der Waals surface area (Å²) in [5.41, 5.74) is 1.21. The van der Waals surface area contributed by atoms with Crippen LogP contribution in [-0.2, 0) is 4.79 Å². The first kappa shape index (κ1) is 5.03. The maximum Gasteiger partial charge on any atom is 0.252 e. The van der Waals surface area contributed by atoms with Gasteiger partial charge in [0.25, 0.3) is 6.29 Å². The topological polar surface area (TPSA) is 45.8 Å². The van der Waals surface area contributed by atoms with Crippen molar-refractivity contribution in [2.45, 2.75) is 6.92 Å². The van der Waals surface area contributed by atoms with Crippen molar-refractivity contribution in [2.24, 2.45) is 0 Å². The van der Waals surface area contributed by atoms with Crippen LogP contribution in [0.2, 0.25) is 0 Å². The van der Waals surface area contributed by atoms with Gasteiger partial charge in [-0.1, -0.05) is 0 Å². The van der Waals surface area contributed by atoms with E-state index in [0.717, 1.165) is 5.69 Å². The second-order valence-corrected chi connectivity index (χ2v) is 1.53. The van der Waals surface area contributed by atoms with Crippen LogP contribution in [-0.4, -0.2) is 16.5 Å². The summed E-state index contributed by atoms with van der Waals surface area (Å²) in [5.74, 6) is 0.